The predicted octanol–water partition coefficient (Wildman–Crippen LogP) is 3.27. The fraction of sp³-hybridized carbons (Fsp3) is 0.158. The molecule has 0 radical (unpaired) electrons. The van der Waals surface area contributed by atoms with E-state index in [4.69, 9.17) is 9.47 Å². The Kier molecular flexibility index (Phi) is 5.69. The highest BCUT2D eigenvalue weighted by molar-refractivity contribution is 6.16. The van der Waals surface area contributed by atoms with Crippen LogP contribution in [0.15, 0.2) is 60.9 Å². The van der Waals surface area contributed by atoms with Crippen LogP contribution in [0.4, 0.5) is 0 Å². The summed E-state index contributed by atoms with van der Waals surface area (Å²) in [7, 11) is 2.77. The zero-order chi connectivity index (χ0) is 16.7. The van der Waals surface area contributed by atoms with Gasteiger partial charge in [-0.2, -0.15) is 0 Å². The van der Waals surface area contributed by atoms with Gasteiger partial charge in [-0.05, 0) is 11.1 Å². The van der Waals surface area contributed by atoms with Crippen molar-refractivity contribution in [1.82, 2.24) is 0 Å². The molecule has 0 saturated carbocycles. The van der Waals surface area contributed by atoms with E-state index < -0.39 is 5.97 Å². The third-order valence-corrected chi connectivity index (χ3v) is 3.40. The number of ketones is 1. The van der Waals surface area contributed by atoms with Crippen LogP contribution in [0, 0.1) is 0 Å². The van der Waals surface area contributed by atoms with Gasteiger partial charge in [-0.3, -0.25) is 4.79 Å². The van der Waals surface area contributed by atoms with E-state index in [-0.39, 0.29) is 17.8 Å². The van der Waals surface area contributed by atoms with Crippen LogP contribution in [0.2, 0.25) is 0 Å². The second-order valence-electron chi connectivity index (χ2n) is 4.88. The second kappa shape index (κ2) is 7.94. The summed E-state index contributed by atoms with van der Waals surface area (Å²) in [6.07, 6.45) is 1.52. The molecule has 118 valence electrons. The topological polar surface area (TPSA) is 52.6 Å². The third kappa shape index (κ3) is 4.07. The van der Waals surface area contributed by atoms with Crippen molar-refractivity contribution in [2.45, 2.75) is 6.42 Å². The van der Waals surface area contributed by atoms with Gasteiger partial charge in [-0.1, -0.05) is 54.6 Å². The van der Waals surface area contributed by atoms with E-state index >= 15 is 0 Å². The summed E-state index contributed by atoms with van der Waals surface area (Å²) in [5.74, 6) is -0.522. The van der Waals surface area contributed by atoms with Gasteiger partial charge in [0.05, 0.1) is 20.5 Å². The molecule has 4 heteroatoms. The molecular weight excluding hydrogens is 292 g/mol. The van der Waals surface area contributed by atoms with Crippen molar-refractivity contribution in [3.05, 3.63) is 77.5 Å². The first-order valence-corrected chi connectivity index (χ1v) is 7.15. The standard InChI is InChI=1S/C19H18O4/c1-22-13-17(19(21)23-2)16-11-7-6-10-15(16)12-18(20)14-8-4-3-5-9-14/h3-11,13H,12H2,1-2H3. The molecule has 0 unspecified atom stereocenters. The van der Waals surface area contributed by atoms with Gasteiger partial charge in [0.25, 0.3) is 0 Å². The van der Waals surface area contributed by atoms with Gasteiger partial charge >= 0.3 is 5.97 Å². The monoisotopic (exact) mass is 310 g/mol. The van der Waals surface area contributed by atoms with Crippen molar-refractivity contribution in [2.75, 3.05) is 14.2 Å². The van der Waals surface area contributed by atoms with E-state index in [0.29, 0.717) is 11.1 Å². The smallest absolute Gasteiger partial charge is 0.341 e. The Hall–Kier alpha value is -2.88. The van der Waals surface area contributed by atoms with Crippen LogP contribution in [0.5, 0.6) is 0 Å². The Balaban J connectivity index is 2.36. The van der Waals surface area contributed by atoms with Gasteiger partial charge in [0, 0.05) is 12.0 Å². The molecule has 0 heterocycles. The summed E-state index contributed by atoms with van der Waals surface area (Å²) in [5.41, 5.74) is 2.30. The van der Waals surface area contributed by atoms with Crippen molar-refractivity contribution in [1.29, 1.82) is 0 Å². The Morgan fingerprint density at radius 3 is 2.26 bits per heavy atom. The minimum absolute atomic E-state index is 0.0142. The molecule has 0 bridgehead atoms. The summed E-state index contributed by atoms with van der Waals surface area (Å²) in [5, 5.41) is 0. The zero-order valence-electron chi connectivity index (χ0n) is 13.1. The quantitative estimate of drug-likeness (QED) is 0.356. The molecule has 0 spiro atoms. The molecule has 0 saturated heterocycles. The van der Waals surface area contributed by atoms with Crippen LogP contribution in [-0.4, -0.2) is 26.0 Å². The lowest BCUT2D eigenvalue weighted by Crippen LogP contribution is -2.10. The fourth-order valence-electron chi connectivity index (χ4n) is 2.29. The van der Waals surface area contributed by atoms with Gasteiger partial charge in [0.1, 0.15) is 5.57 Å². The van der Waals surface area contributed by atoms with Crippen LogP contribution in [0.1, 0.15) is 21.5 Å². The molecule has 2 rings (SSSR count). The molecule has 2 aromatic carbocycles. The molecule has 23 heavy (non-hydrogen) atoms. The maximum Gasteiger partial charge on any atom is 0.341 e. The molecule has 0 N–H and O–H groups in total. The first-order valence-electron chi connectivity index (χ1n) is 7.15. The molecule has 0 aliphatic carbocycles. The number of ether oxygens (including phenoxy) is 2. The first kappa shape index (κ1) is 16.5. The minimum atomic E-state index is -0.508. The molecular formula is C19H18O4. The number of carbonyl (C=O) groups is 2. The Bertz CT molecular complexity index is 717. The Labute approximate surface area is 135 Å². The summed E-state index contributed by atoms with van der Waals surface area (Å²) in [6.45, 7) is 0. The van der Waals surface area contributed by atoms with Crippen molar-refractivity contribution in [2.24, 2.45) is 0 Å². The number of benzene rings is 2. The summed E-state index contributed by atoms with van der Waals surface area (Å²) < 4.78 is 9.77. The number of carbonyl (C=O) groups excluding carboxylic acids is 2. The van der Waals surface area contributed by atoms with Crippen LogP contribution in [-0.2, 0) is 20.7 Å². The highest BCUT2D eigenvalue weighted by atomic mass is 16.5. The molecule has 0 aliphatic heterocycles. The largest absolute Gasteiger partial charge is 0.503 e. The molecule has 0 aromatic heterocycles. The fourth-order valence-corrected chi connectivity index (χ4v) is 2.29. The summed E-state index contributed by atoms with van der Waals surface area (Å²) in [6, 6.07) is 16.3. The average molecular weight is 310 g/mol. The van der Waals surface area contributed by atoms with Gasteiger partial charge in [0.15, 0.2) is 5.78 Å². The number of rotatable bonds is 6. The molecule has 0 fully saturated rings. The number of Topliss-reactive ketones (excluding diaryl/α,β-unsaturated/α-hetero) is 1. The summed E-state index contributed by atoms with van der Waals surface area (Å²) in [4.78, 5) is 24.4. The van der Waals surface area contributed by atoms with Gasteiger partial charge in [-0.15, -0.1) is 0 Å². The number of methoxy groups -OCH3 is 2. The predicted molar refractivity (Wildman–Crippen MR) is 87.9 cm³/mol. The Morgan fingerprint density at radius 1 is 0.957 bits per heavy atom. The van der Waals surface area contributed by atoms with Gasteiger partial charge in [-0.25, -0.2) is 4.79 Å². The third-order valence-electron chi connectivity index (χ3n) is 3.40. The van der Waals surface area contributed by atoms with E-state index in [9.17, 15) is 9.59 Å². The van der Waals surface area contributed by atoms with E-state index in [1.807, 2.05) is 30.3 Å². The minimum Gasteiger partial charge on any atom is -0.503 e. The van der Waals surface area contributed by atoms with Crippen molar-refractivity contribution in [3.63, 3.8) is 0 Å². The summed E-state index contributed by atoms with van der Waals surface area (Å²) >= 11 is 0. The van der Waals surface area contributed by atoms with Crippen LogP contribution < -0.4 is 0 Å². The van der Waals surface area contributed by atoms with E-state index in [1.165, 1.54) is 20.5 Å². The van der Waals surface area contributed by atoms with E-state index in [0.717, 1.165) is 5.56 Å². The highest BCUT2D eigenvalue weighted by Crippen LogP contribution is 2.22. The van der Waals surface area contributed by atoms with E-state index in [1.54, 1.807) is 24.3 Å². The second-order valence-corrected chi connectivity index (χ2v) is 4.88. The van der Waals surface area contributed by atoms with Crippen LogP contribution >= 0.6 is 0 Å². The first-order chi connectivity index (χ1) is 11.2. The van der Waals surface area contributed by atoms with E-state index in [2.05, 4.69) is 0 Å². The van der Waals surface area contributed by atoms with Crippen molar-refractivity contribution >= 4 is 17.3 Å². The molecule has 2 aromatic rings. The zero-order valence-corrected chi connectivity index (χ0v) is 13.1. The number of esters is 1. The Morgan fingerprint density at radius 2 is 1.61 bits per heavy atom. The van der Waals surface area contributed by atoms with Crippen LogP contribution in [0.25, 0.3) is 5.57 Å². The van der Waals surface area contributed by atoms with Gasteiger partial charge < -0.3 is 9.47 Å². The highest BCUT2D eigenvalue weighted by Gasteiger charge is 2.18. The maximum atomic E-state index is 12.4. The average Bonchev–Trinajstić information content (AvgIpc) is 2.60. The normalized spacial score (nSPS) is 11.0. The number of hydrogen-bond acceptors (Lipinski definition) is 4. The van der Waals surface area contributed by atoms with Crippen molar-refractivity contribution < 1.29 is 19.1 Å². The van der Waals surface area contributed by atoms with Crippen LogP contribution in [0.3, 0.4) is 0 Å². The molecule has 0 amide bonds. The van der Waals surface area contributed by atoms with Gasteiger partial charge in [0.2, 0.25) is 0 Å². The SMILES string of the molecule is COC=C(C(=O)OC)c1ccccc1CC(=O)c1ccccc1. The molecule has 4 nitrogen and oxygen atoms in total. The lowest BCUT2D eigenvalue weighted by Gasteiger charge is -2.11. The molecule has 0 aliphatic rings. The van der Waals surface area contributed by atoms with Crippen molar-refractivity contribution in [3.8, 4) is 0 Å². The maximum absolute atomic E-state index is 12.4. The lowest BCUT2D eigenvalue weighted by atomic mass is 9.95. The molecule has 0 atom stereocenters. The lowest BCUT2D eigenvalue weighted by molar-refractivity contribution is -0.133. The number of hydrogen-bond donors (Lipinski definition) is 0.